The van der Waals surface area contributed by atoms with Gasteiger partial charge in [-0.05, 0) is 37.4 Å². The molecule has 0 saturated carbocycles. The molecule has 0 aliphatic carbocycles. The minimum atomic E-state index is -1.05. The topological polar surface area (TPSA) is 23.5 Å². The highest BCUT2D eigenvalue weighted by molar-refractivity contribution is 5.32. The van der Waals surface area contributed by atoms with Gasteiger partial charge in [0.1, 0.15) is 0 Å². The third-order valence-electron chi connectivity index (χ3n) is 4.33. The highest BCUT2D eigenvalue weighted by Gasteiger charge is 2.30. The number of aliphatic hydroxyl groups is 1. The fourth-order valence-corrected chi connectivity index (χ4v) is 2.82. The van der Waals surface area contributed by atoms with Crippen LogP contribution in [0.1, 0.15) is 45.1 Å². The Kier molecular flexibility index (Phi) is 5.85. The second-order valence-corrected chi connectivity index (χ2v) is 6.28. The lowest BCUT2D eigenvalue weighted by molar-refractivity contribution is 0.0502. The van der Waals surface area contributed by atoms with Gasteiger partial charge in [-0.3, -0.25) is 4.90 Å². The van der Waals surface area contributed by atoms with Gasteiger partial charge in [0.25, 0.3) is 0 Å². The Morgan fingerprint density at radius 1 is 1.10 bits per heavy atom. The van der Waals surface area contributed by atoms with Crippen molar-refractivity contribution in [3.63, 3.8) is 0 Å². The number of hydrogen-bond donors (Lipinski definition) is 1. The predicted molar refractivity (Wildman–Crippen MR) is 87.9 cm³/mol. The summed E-state index contributed by atoms with van der Waals surface area (Å²) < 4.78 is 0. The molecule has 1 atom stereocenters. The van der Waals surface area contributed by atoms with Crippen LogP contribution in [-0.4, -0.2) is 29.6 Å². The summed E-state index contributed by atoms with van der Waals surface area (Å²) in [5.74, 6) is 6.44. The molecule has 1 heterocycles. The van der Waals surface area contributed by atoms with Crippen LogP contribution in [0.2, 0.25) is 0 Å². The average Bonchev–Trinajstić information content (AvgIpc) is 2.76. The first kappa shape index (κ1) is 16.1. The van der Waals surface area contributed by atoms with Crippen LogP contribution in [0.15, 0.2) is 30.3 Å². The first-order valence-electron chi connectivity index (χ1n) is 8.13. The number of hydrogen-bond acceptors (Lipinski definition) is 2. The van der Waals surface area contributed by atoms with Crippen LogP contribution >= 0.6 is 0 Å². The van der Waals surface area contributed by atoms with Gasteiger partial charge >= 0.3 is 0 Å². The Morgan fingerprint density at radius 3 is 2.29 bits per heavy atom. The Balaban J connectivity index is 2.08. The zero-order valence-electron chi connectivity index (χ0n) is 13.3. The van der Waals surface area contributed by atoms with Crippen LogP contribution in [-0.2, 0) is 5.60 Å². The largest absolute Gasteiger partial charge is 0.373 e. The van der Waals surface area contributed by atoms with Gasteiger partial charge in [-0.2, -0.15) is 0 Å². The lowest BCUT2D eigenvalue weighted by atomic mass is 9.84. The Hall–Kier alpha value is -1.30. The van der Waals surface area contributed by atoms with Crippen molar-refractivity contribution in [3.05, 3.63) is 35.9 Å². The van der Waals surface area contributed by atoms with E-state index in [0.29, 0.717) is 0 Å². The molecule has 0 amide bonds. The molecule has 1 saturated heterocycles. The predicted octanol–water partition coefficient (Wildman–Crippen LogP) is 3.41. The van der Waals surface area contributed by atoms with Crippen molar-refractivity contribution in [1.82, 2.24) is 4.90 Å². The summed E-state index contributed by atoms with van der Waals surface area (Å²) in [6, 6.07) is 9.80. The van der Waals surface area contributed by atoms with Crippen LogP contribution < -0.4 is 0 Å². The summed E-state index contributed by atoms with van der Waals surface area (Å²) in [6.07, 6.45) is 5.22. The zero-order valence-corrected chi connectivity index (χ0v) is 13.3. The highest BCUT2D eigenvalue weighted by Crippen LogP contribution is 2.28. The molecule has 1 aromatic rings. The zero-order chi connectivity index (χ0) is 15.1. The highest BCUT2D eigenvalue weighted by atomic mass is 16.3. The van der Waals surface area contributed by atoms with Gasteiger partial charge in [-0.1, -0.05) is 68.9 Å². The van der Waals surface area contributed by atoms with E-state index in [0.717, 1.165) is 25.2 Å². The van der Waals surface area contributed by atoms with Crippen LogP contribution in [0.4, 0.5) is 0 Å². The number of benzene rings is 1. The third-order valence-corrected chi connectivity index (χ3v) is 4.33. The van der Waals surface area contributed by atoms with Crippen molar-refractivity contribution >= 4 is 0 Å². The molecular weight excluding hydrogens is 258 g/mol. The molecule has 1 fully saturated rings. The lowest BCUT2D eigenvalue weighted by Crippen LogP contribution is -2.31. The Labute approximate surface area is 129 Å². The van der Waals surface area contributed by atoms with Gasteiger partial charge in [0.15, 0.2) is 5.60 Å². The van der Waals surface area contributed by atoms with E-state index in [1.807, 2.05) is 44.2 Å². The van der Waals surface area contributed by atoms with Gasteiger partial charge in [0.05, 0.1) is 6.54 Å². The molecule has 0 radical (unpaired) electrons. The molecule has 1 aromatic carbocycles. The Bertz CT molecular complexity index is 477. The van der Waals surface area contributed by atoms with Gasteiger partial charge in [-0.25, -0.2) is 0 Å². The standard InChI is InChI=1S/C19H27NO/c1-17(2)19(21,18-11-6-5-7-12-18)13-10-16-20-14-8-3-4-9-15-20/h5-7,11-12,17,21H,3-4,8-9,14-16H2,1-2H3/t19-/m1/s1. The maximum Gasteiger partial charge on any atom is 0.153 e. The molecule has 0 spiro atoms. The van der Waals surface area contributed by atoms with Gasteiger partial charge in [0.2, 0.25) is 0 Å². The molecule has 0 unspecified atom stereocenters. The van der Waals surface area contributed by atoms with E-state index >= 15 is 0 Å². The van der Waals surface area contributed by atoms with Crippen LogP contribution in [0.25, 0.3) is 0 Å². The van der Waals surface area contributed by atoms with Crippen molar-refractivity contribution < 1.29 is 5.11 Å². The second kappa shape index (κ2) is 7.64. The summed E-state index contributed by atoms with van der Waals surface area (Å²) in [5, 5.41) is 11.0. The first-order chi connectivity index (χ1) is 10.1. The van der Waals surface area contributed by atoms with Crippen molar-refractivity contribution in [3.8, 4) is 11.8 Å². The summed E-state index contributed by atoms with van der Waals surface area (Å²) in [4.78, 5) is 2.41. The lowest BCUT2D eigenvalue weighted by Gasteiger charge is -2.27. The fourth-order valence-electron chi connectivity index (χ4n) is 2.82. The summed E-state index contributed by atoms with van der Waals surface area (Å²) in [5.41, 5.74) is -0.156. The van der Waals surface area contributed by atoms with Crippen LogP contribution in [0.3, 0.4) is 0 Å². The maximum atomic E-state index is 11.0. The van der Waals surface area contributed by atoms with E-state index in [1.54, 1.807) is 0 Å². The minimum Gasteiger partial charge on any atom is -0.373 e. The van der Waals surface area contributed by atoms with Crippen LogP contribution in [0.5, 0.6) is 0 Å². The SMILES string of the molecule is CC(C)[C@](O)(C#CCN1CCCCCC1)c1ccccc1. The smallest absolute Gasteiger partial charge is 0.153 e. The quantitative estimate of drug-likeness (QED) is 0.860. The Morgan fingerprint density at radius 2 is 1.71 bits per heavy atom. The van der Waals surface area contributed by atoms with E-state index in [2.05, 4.69) is 16.7 Å². The van der Waals surface area contributed by atoms with Gasteiger partial charge in [0, 0.05) is 0 Å². The number of likely N-dealkylation sites (tertiary alicyclic amines) is 1. The molecule has 114 valence electrons. The van der Waals surface area contributed by atoms with E-state index in [4.69, 9.17) is 0 Å². The maximum absolute atomic E-state index is 11.0. The molecule has 2 heteroatoms. The van der Waals surface area contributed by atoms with Gasteiger partial charge in [-0.15, -0.1) is 0 Å². The van der Waals surface area contributed by atoms with Crippen molar-refractivity contribution in [2.24, 2.45) is 5.92 Å². The molecule has 21 heavy (non-hydrogen) atoms. The average molecular weight is 285 g/mol. The molecule has 0 bridgehead atoms. The summed E-state index contributed by atoms with van der Waals surface area (Å²) >= 11 is 0. The third kappa shape index (κ3) is 4.33. The number of rotatable bonds is 3. The van der Waals surface area contributed by atoms with Crippen molar-refractivity contribution in [2.75, 3.05) is 19.6 Å². The molecule has 1 aliphatic rings. The first-order valence-corrected chi connectivity index (χ1v) is 8.13. The normalized spacial score (nSPS) is 19.4. The van der Waals surface area contributed by atoms with E-state index < -0.39 is 5.60 Å². The van der Waals surface area contributed by atoms with E-state index in [1.165, 1.54) is 25.7 Å². The van der Waals surface area contributed by atoms with Gasteiger partial charge < -0.3 is 5.11 Å². The summed E-state index contributed by atoms with van der Waals surface area (Å²) in [7, 11) is 0. The molecule has 2 nitrogen and oxygen atoms in total. The molecule has 2 rings (SSSR count). The second-order valence-electron chi connectivity index (χ2n) is 6.28. The fraction of sp³-hybridized carbons (Fsp3) is 0.579. The van der Waals surface area contributed by atoms with Crippen molar-refractivity contribution in [2.45, 2.75) is 45.1 Å². The molecule has 0 aromatic heterocycles. The van der Waals surface area contributed by atoms with Crippen LogP contribution in [0, 0.1) is 17.8 Å². The van der Waals surface area contributed by atoms with E-state index in [9.17, 15) is 5.11 Å². The number of nitrogens with zero attached hydrogens (tertiary/aromatic N) is 1. The molecule has 1 aliphatic heterocycles. The molecule has 1 N–H and O–H groups in total. The minimum absolute atomic E-state index is 0.0662. The summed E-state index contributed by atoms with van der Waals surface area (Å²) in [6.45, 7) is 7.09. The van der Waals surface area contributed by atoms with E-state index in [-0.39, 0.29) is 5.92 Å². The monoisotopic (exact) mass is 285 g/mol. The molecular formula is C19H27NO. The van der Waals surface area contributed by atoms with Crippen molar-refractivity contribution in [1.29, 1.82) is 0 Å².